The van der Waals surface area contributed by atoms with Gasteiger partial charge in [-0.2, -0.15) is 0 Å². The molecule has 21 heavy (non-hydrogen) atoms. The number of nitrogens with two attached hydrogens (primary N) is 2. The van der Waals surface area contributed by atoms with Gasteiger partial charge < -0.3 is 36.2 Å². The molecule has 0 spiro atoms. The number of carboxylic acid groups (broad SMARTS) is 2. The summed E-state index contributed by atoms with van der Waals surface area (Å²) in [5.74, 6) is -4.68. The van der Waals surface area contributed by atoms with Crippen LogP contribution in [0.3, 0.4) is 0 Å². The number of nitrogens with zero attached hydrogens (tertiary/aromatic N) is 1. The van der Waals surface area contributed by atoms with Crippen molar-refractivity contribution in [3.63, 3.8) is 0 Å². The molecule has 0 amide bonds. The summed E-state index contributed by atoms with van der Waals surface area (Å²) in [7, 11) is 3.45. The maximum Gasteiger partial charge on any atom is 2.00 e. The molecule has 2 atom stereocenters. The molecule has 1 aliphatic carbocycles. The van der Waals surface area contributed by atoms with Crippen LogP contribution in [0.2, 0.25) is 0 Å². The molecule has 1 aliphatic rings. The third-order valence-electron chi connectivity index (χ3n) is 3.31. The van der Waals surface area contributed by atoms with E-state index in [0.717, 1.165) is 12.8 Å². The van der Waals surface area contributed by atoms with E-state index in [1.807, 2.05) is 0 Å². The fourth-order valence-corrected chi connectivity index (χ4v) is 1.91. The first-order valence-corrected chi connectivity index (χ1v) is 6.83. The van der Waals surface area contributed by atoms with Gasteiger partial charge in [0.05, 0.1) is 11.9 Å². The van der Waals surface area contributed by atoms with Crippen LogP contribution in [0.15, 0.2) is 0 Å². The average Bonchev–Trinajstić information content (AvgIpc) is 2.32. The van der Waals surface area contributed by atoms with Crippen molar-refractivity contribution in [3.8, 4) is 0 Å². The Labute approximate surface area is 140 Å². The van der Waals surface area contributed by atoms with E-state index in [4.69, 9.17) is 11.5 Å². The minimum Gasteiger partial charge on any atom is -0.549 e. The second-order valence-corrected chi connectivity index (χ2v) is 5.39. The Morgan fingerprint density at radius 2 is 1.48 bits per heavy atom. The van der Waals surface area contributed by atoms with E-state index in [0.29, 0.717) is 6.54 Å². The smallest absolute Gasteiger partial charge is 0.549 e. The Balaban J connectivity index is 0. The summed E-state index contributed by atoms with van der Waals surface area (Å²) >= 11 is 0. The summed E-state index contributed by atoms with van der Waals surface area (Å²) in [5.41, 5.74) is 11.3. The van der Waals surface area contributed by atoms with Crippen LogP contribution in [0.25, 0.3) is 0 Å². The van der Waals surface area contributed by atoms with Crippen LogP contribution in [0.4, 0.5) is 0 Å². The molecule has 0 saturated heterocycles. The van der Waals surface area contributed by atoms with Gasteiger partial charge in [-0.1, -0.05) is 12.8 Å². The van der Waals surface area contributed by atoms with Gasteiger partial charge in [-0.05, 0) is 39.9 Å². The van der Waals surface area contributed by atoms with Crippen molar-refractivity contribution in [2.75, 3.05) is 20.6 Å². The van der Waals surface area contributed by atoms with Crippen molar-refractivity contribution >= 4 is 11.9 Å². The van der Waals surface area contributed by atoms with Crippen molar-refractivity contribution in [1.29, 1.82) is 0 Å². The Kier molecular flexibility index (Phi) is 13.1. The topological polar surface area (TPSA) is 136 Å². The zero-order chi connectivity index (χ0) is 15.7. The number of carbonyl (C=O) groups is 2. The Morgan fingerprint density at radius 3 is 1.71 bits per heavy atom. The van der Waals surface area contributed by atoms with E-state index in [1.165, 1.54) is 12.8 Å². The SMILES string of the molecule is CN(C)CCC(C(=O)[O-])C(=O)[O-].NC1CCCCC1N.[Pt+2]. The number of carbonyl (C=O) groups excluding carboxylic acids is 2. The molecular weight excluding hydrogens is 457 g/mol. The van der Waals surface area contributed by atoms with Crippen LogP contribution < -0.4 is 21.7 Å². The van der Waals surface area contributed by atoms with Crippen LogP contribution in [-0.2, 0) is 30.7 Å². The summed E-state index contributed by atoms with van der Waals surface area (Å²) < 4.78 is 0. The molecule has 8 heteroatoms. The Bertz CT molecular complexity index is 292. The minimum absolute atomic E-state index is 0. The van der Waals surface area contributed by atoms with Crippen LogP contribution in [-0.4, -0.2) is 49.6 Å². The molecule has 0 heterocycles. The molecule has 4 N–H and O–H groups in total. The molecule has 1 rings (SSSR count). The molecule has 0 aliphatic heterocycles. The number of aliphatic carboxylic acids is 2. The molecule has 0 aromatic carbocycles. The molecule has 1 fully saturated rings. The van der Waals surface area contributed by atoms with Crippen molar-refractivity contribution in [1.82, 2.24) is 4.90 Å². The molecule has 0 aromatic heterocycles. The first kappa shape index (κ1) is 22.8. The summed E-state index contributed by atoms with van der Waals surface area (Å²) in [4.78, 5) is 22.1. The maximum atomic E-state index is 10.2. The fraction of sp³-hybridized carbons (Fsp3) is 0.846. The van der Waals surface area contributed by atoms with Crippen LogP contribution in [0.5, 0.6) is 0 Å². The van der Waals surface area contributed by atoms with E-state index < -0.39 is 17.9 Å². The maximum absolute atomic E-state index is 10.2. The van der Waals surface area contributed by atoms with E-state index in [-0.39, 0.29) is 39.6 Å². The van der Waals surface area contributed by atoms with Gasteiger partial charge in [0, 0.05) is 18.0 Å². The molecule has 0 radical (unpaired) electrons. The zero-order valence-corrected chi connectivity index (χ0v) is 14.8. The predicted octanol–water partition coefficient (Wildman–Crippen LogP) is -2.73. The summed E-state index contributed by atoms with van der Waals surface area (Å²) in [6, 6.07) is 0.562. The van der Waals surface area contributed by atoms with E-state index in [9.17, 15) is 19.8 Å². The number of carboxylic acids is 2. The van der Waals surface area contributed by atoms with Crippen LogP contribution >= 0.6 is 0 Å². The van der Waals surface area contributed by atoms with Gasteiger partial charge >= 0.3 is 21.1 Å². The average molecular weight is 482 g/mol. The molecule has 0 aromatic rings. The molecule has 1 saturated carbocycles. The molecule has 7 nitrogen and oxygen atoms in total. The van der Waals surface area contributed by atoms with Crippen molar-refractivity contribution in [3.05, 3.63) is 0 Å². The van der Waals surface area contributed by atoms with Gasteiger partial charge in [0.25, 0.3) is 0 Å². The first-order valence-electron chi connectivity index (χ1n) is 6.83. The number of rotatable bonds is 5. The summed E-state index contributed by atoms with van der Waals surface area (Å²) in [5, 5.41) is 20.4. The van der Waals surface area contributed by atoms with Crippen molar-refractivity contribution < 1.29 is 40.9 Å². The number of hydrogen-bond acceptors (Lipinski definition) is 7. The summed E-state index contributed by atoms with van der Waals surface area (Å²) in [6.45, 7) is 0.382. The monoisotopic (exact) mass is 482 g/mol. The molecule has 2 unspecified atom stereocenters. The van der Waals surface area contributed by atoms with Gasteiger partial charge in [0.15, 0.2) is 0 Å². The third-order valence-corrected chi connectivity index (χ3v) is 3.31. The quantitative estimate of drug-likeness (QED) is 0.406. The van der Waals surface area contributed by atoms with Gasteiger partial charge in [-0.25, -0.2) is 0 Å². The second-order valence-electron chi connectivity index (χ2n) is 5.39. The van der Waals surface area contributed by atoms with Gasteiger partial charge in [0.2, 0.25) is 0 Å². The van der Waals surface area contributed by atoms with Gasteiger partial charge in [0.1, 0.15) is 0 Å². The summed E-state index contributed by atoms with van der Waals surface area (Å²) in [6.07, 6.45) is 4.81. The van der Waals surface area contributed by atoms with Crippen LogP contribution in [0.1, 0.15) is 32.1 Å². The largest absolute Gasteiger partial charge is 2.00 e. The molecule has 0 bridgehead atoms. The first-order chi connectivity index (χ1) is 9.25. The Morgan fingerprint density at radius 1 is 1.10 bits per heavy atom. The van der Waals surface area contributed by atoms with Gasteiger partial charge in [-0.15, -0.1) is 0 Å². The van der Waals surface area contributed by atoms with E-state index >= 15 is 0 Å². The fourth-order valence-electron chi connectivity index (χ4n) is 1.91. The van der Waals surface area contributed by atoms with Crippen molar-refractivity contribution in [2.45, 2.75) is 44.2 Å². The van der Waals surface area contributed by atoms with Gasteiger partial charge in [-0.3, -0.25) is 0 Å². The third kappa shape index (κ3) is 10.8. The normalized spacial score (nSPS) is 21.2. The van der Waals surface area contributed by atoms with Crippen LogP contribution in [0, 0.1) is 5.92 Å². The van der Waals surface area contributed by atoms with E-state index in [2.05, 4.69) is 0 Å². The Hall–Kier alpha value is -0.492. The second kappa shape index (κ2) is 12.1. The molecule has 126 valence electrons. The minimum atomic E-state index is -1.59. The van der Waals surface area contributed by atoms with E-state index in [1.54, 1.807) is 19.0 Å². The zero-order valence-electron chi connectivity index (χ0n) is 12.5. The standard InChI is InChI=1S/C7H13NO4.C6H14N2.Pt/c1-8(2)4-3-5(6(9)10)7(11)12;7-5-3-1-2-4-6(5)8;/h5H,3-4H2,1-2H3,(H,9,10)(H,11,12);5-6H,1-4,7-8H2;/q;;+2/p-2. The molecular formula is C13H25N3O4Pt. The predicted molar refractivity (Wildman–Crippen MR) is 71.1 cm³/mol. The number of hydrogen-bond donors (Lipinski definition) is 2. The van der Waals surface area contributed by atoms with Crippen molar-refractivity contribution in [2.24, 2.45) is 17.4 Å².